The highest BCUT2D eigenvalue weighted by molar-refractivity contribution is 5.78. The smallest absolute Gasteiger partial charge is 0.222 e. The maximum absolute atomic E-state index is 13.4. The maximum Gasteiger partial charge on any atom is 0.222 e. The van der Waals surface area contributed by atoms with E-state index < -0.39 is 5.82 Å². The summed E-state index contributed by atoms with van der Waals surface area (Å²) in [5.74, 6) is -0.144. The molecule has 1 aromatic rings. The highest BCUT2D eigenvalue weighted by Gasteiger charge is 2.14. The second-order valence-corrected chi connectivity index (χ2v) is 6.33. The van der Waals surface area contributed by atoms with E-state index in [0.29, 0.717) is 25.8 Å². The van der Waals surface area contributed by atoms with Gasteiger partial charge in [0.05, 0.1) is 6.54 Å². The zero-order chi connectivity index (χ0) is 19.4. The first-order valence-electron chi connectivity index (χ1n) is 9.38. The number of benzene rings is 1. The van der Waals surface area contributed by atoms with Crippen molar-refractivity contribution in [1.82, 2.24) is 9.80 Å². The first kappa shape index (κ1) is 21.9. The van der Waals surface area contributed by atoms with Gasteiger partial charge in [-0.1, -0.05) is 26.0 Å². The molecule has 0 spiro atoms. The Morgan fingerprint density at radius 1 is 1.00 bits per heavy atom. The van der Waals surface area contributed by atoms with E-state index in [0.717, 1.165) is 25.9 Å². The summed E-state index contributed by atoms with van der Waals surface area (Å²) in [5.41, 5.74) is 0. The van der Waals surface area contributed by atoms with Gasteiger partial charge in [-0.05, 0) is 31.4 Å². The van der Waals surface area contributed by atoms with Gasteiger partial charge >= 0.3 is 0 Å². The van der Waals surface area contributed by atoms with Crippen molar-refractivity contribution in [3.05, 3.63) is 30.1 Å². The third-order valence-electron chi connectivity index (χ3n) is 4.07. The summed E-state index contributed by atoms with van der Waals surface area (Å²) in [7, 11) is 1.69. The van der Waals surface area contributed by atoms with E-state index in [1.165, 1.54) is 6.07 Å². The van der Waals surface area contributed by atoms with Crippen molar-refractivity contribution in [3.8, 4) is 5.75 Å². The van der Waals surface area contributed by atoms with Crippen LogP contribution in [-0.4, -0.2) is 54.9 Å². The van der Waals surface area contributed by atoms with Gasteiger partial charge in [-0.3, -0.25) is 9.59 Å². The van der Waals surface area contributed by atoms with Crippen molar-refractivity contribution in [3.63, 3.8) is 0 Å². The third-order valence-corrected chi connectivity index (χ3v) is 4.07. The summed E-state index contributed by atoms with van der Waals surface area (Å²) in [4.78, 5) is 27.7. The Morgan fingerprint density at radius 2 is 1.62 bits per heavy atom. The predicted molar refractivity (Wildman–Crippen MR) is 101 cm³/mol. The molecule has 2 amide bonds. The number of nitrogens with zero attached hydrogens (tertiary/aromatic N) is 2. The molecule has 1 aromatic carbocycles. The van der Waals surface area contributed by atoms with E-state index >= 15 is 0 Å². The van der Waals surface area contributed by atoms with Crippen molar-refractivity contribution in [2.24, 2.45) is 0 Å². The molecule has 1 rings (SSSR count). The molecule has 0 aliphatic carbocycles. The van der Waals surface area contributed by atoms with Crippen LogP contribution in [0.2, 0.25) is 0 Å². The fourth-order valence-corrected chi connectivity index (χ4v) is 2.62. The van der Waals surface area contributed by atoms with Gasteiger partial charge in [0.2, 0.25) is 11.8 Å². The molecule has 0 aliphatic rings. The Morgan fingerprint density at radius 3 is 2.23 bits per heavy atom. The summed E-state index contributed by atoms with van der Waals surface area (Å²) in [6.45, 7) is 6.25. The molecule has 0 radical (unpaired) electrons. The number of carbonyl (C=O) groups excluding carboxylic acids is 2. The Kier molecular flexibility index (Phi) is 10.4. The van der Waals surface area contributed by atoms with Gasteiger partial charge < -0.3 is 14.5 Å². The molecule has 0 unspecified atom stereocenters. The van der Waals surface area contributed by atoms with Gasteiger partial charge in [0.15, 0.2) is 11.6 Å². The number of carbonyl (C=O) groups is 2. The van der Waals surface area contributed by atoms with Gasteiger partial charge in [-0.2, -0.15) is 0 Å². The lowest BCUT2D eigenvalue weighted by Crippen LogP contribution is -2.33. The van der Waals surface area contributed by atoms with Crippen molar-refractivity contribution in [2.75, 3.05) is 33.3 Å². The molecule has 0 saturated carbocycles. The number of hydrogen-bond donors (Lipinski definition) is 0. The highest BCUT2D eigenvalue weighted by atomic mass is 19.1. The Labute approximate surface area is 156 Å². The second-order valence-electron chi connectivity index (χ2n) is 6.33. The number of ether oxygens (including phenoxy) is 1. The Hall–Kier alpha value is -2.11. The average molecular weight is 366 g/mol. The molecule has 0 bridgehead atoms. The molecule has 0 heterocycles. The number of likely N-dealkylation sites (N-methyl/N-ethyl adjacent to an activating group) is 1. The van der Waals surface area contributed by atoms with Crippen molar-refractivity contribution in [2.45, 2.75) is 46.0 Å². The van der Waals surface area contributed by atoms with Crippen molar-refractivity contribution < 1.29 is 18.7 Å². The first-order chi connectivity index (χ1) is 12.5. The largest absolute Gasteiger partial charge is 0.489 e. The monoisotopic (exact) mass is 366 g/mol. The summed E-state index contributed by atoms with van der Waals surface area (Å²) in [6.07, 6.45) is 3.14. The number of rotatable bonds is 12. The molecule has 146 valence electrons. The van der Waals surface area contributed by atoms with Crippen LogP contribution in [0.15, 0.2) is 24.3 Å². The Bertz CT molecular complexity index is 560. The molecule has 0 saturated heterocycles. The van der Waals surface area contributed by atoms with E-state index in [-0.39, 0.29) is 24.2 Å². The molecule has 0 aliphatic heterocycles. The standard InChI is InChI=1S/C20H31FN2O3/c1-4-13-23(14-5-2)20(25)12-8-11-19(24)22(3)15-16-26-18-10-7-6-9-17(18)21/h6-7,9-10H,4-5,8,11-16H2,1-3H3. The van der Waals surface area contributed by atoms with Crippen LogP contribution in [0.4, 0.5) is 4.39 Å². The van der Waals surface area contributed by atoms with Gasteiger partial charge in [0, 0.05) is 33.0 Å². The lowest BCUT2D eigenvalue weighted by atomic mass is 10.2. The van der Waals surface area contributed by atoms with Gasteiger partial charge in [-0.25, -0.2) is 4.39 Å². The molecule has 0 N–H and O–H groups in total. The Balaban J connectivity index is 2.27. The minimum Gasteiger partial charge on any atom is -0.489 e. The predicted octanol–water partition coefficient (Wildman–Crippen LogP) is 3.48. The summed E-state index contributed by atoms with van der Waals surface area (Å²) < 4.78 is 18.8. The van der Waals surface area contributed by atoms with E-state index in [4.69, 9.17) is 4.74 Å². The van der Waals surface area contributed by atoms with E-state index in [2.05, 4.69) is 13.8 Å². The van der Waals surface area contributed by atoms with Crippen LogP contribution in [-0.2, 0) is 9.59 Å². The zero-order valence-electron chi connectivity index (χ0n) is 16.2. The fourth-order valence-electron chi connectivity index (χ4n) is 2.62. The average Bonchev–Trinajstić information content (AvgIpc) is 2.62. The van der Waals surface area contributed by atoms with Crippen molar-refractivity contribution >= 4 is 11.8 Å². The van der Waals surface area contributed by atoms with E-state index in [9.17, 15) is 14.0 Å². The number of hydrogen-bond acceptors (Lipinski definition) is 3. The van der Waals surface area contributed by atoms with Gasteiger partial charge in [0.1, 0.15) is 6.61 Å². The molecule has 0 aromatic heterocycles. The van der Waals surface area contributed by atoms with Gasteiger partial charge in [0.25, 0.3) is 0 Å². The fraction of sp³-hybridized carbons (Fsp3) is 0.600. The van der Waals surface area contributed by atoms with Crippen LogP contribution < -0.4 is 4.74 Å². The van der Waals surface area contributed by atoms with Crippen LogP contribution >= 0.6 is 0 Å². The second kappa shape index (κ2) is 12.3. The maximum atomic E-state index is 13.4. The molecular formula is C20H31FN2O3. The van der Waals surface area contributed by atoms with Crippen LogP contribution in [0.3, 0.4) is 0 Å². The third kappa shape index (κ3) is 7.85. The topological polar surface area (TPSA) is 49.9 Å². The molecule has 5 nitrogen and oxygen atoms in total. The first-order valence-corrected chi connectivity index (χ1v) is 9.38. The molecule has 0 atom stereocenters. The molecule has 0 fully saturated rings. The zero-order valence-corrected chi connectivity index (χ0v) is 16.2. The SMILES string of the molecule is CCCN(CCC)C(=O)CCCC(=O)N(C)CCOc1ccccc1F. The van der Waals surface area contributed by atoms with E-state index in [1.807, 2.05) is 4.90 Å². The molecular weight excluding hydrogens is 335 g/mol. The van der Waals surface area contributed by atoms with E-state index in [1.54, 1.807) is 30.1 Å². The lowest BCUT2D eigenvalue weighted by molar-refractivity contribution is -0.132. The quantitative estimate of drug-likeness (QED) is 0.569. The van der Waals surface area contributed by atoms with Crippen LogP contribution in [0.5, 0.6) is 5.75 Å². The lowest BCUT2D eigenvalue weighted by Gasteiger charge is -2.22. The summed E-state index contributed by atoms with van der Waals surface area (Å²) >= 11 is 0. The van der Waals surface area contributed by atoms with Crippen LogP contribution in [0.25, 0.3) is 0 Å². The number of para-hydroxylation sites is 1. The number of amides is 2. The minimum absolute atomic E-state index is 0.0348. The molecule has 6 heteroatoms. The normalized spacial score (nSPS) is 10.5. The van der Waals surface area contributed by atoms with Crippen LogP contribution in [0, 0.1) is 5.82 Å². The molecule has 26 heavy (non-hydrogen) atoms. The minimum atomic E-state index is -0.413. The van der Waals surface area contributed by atoms with Crippen molar-refractivity contribution in [1.29, 1.82) is 0 Å². The summed E-state index contributed by atoms with van der Waals surface area (Å²) in [5, 5.41) is 0. The van der Waals surface area contributed by atoms with Gasteiger partial charge in [-0.15, -0.1) is 0 Å². The van der Waals surface area contributed by atoms with Crippen LogP contribution in [0.1, 0.15) is 46.0 Å². The number of halogens is 1. The highest BCUT2D eigenvalue weighted by Crippen LogP contribution is 2.15. The summed E-state index contributed by atoms with van der Waals surface area (Å²) in [6, 6.07) is 6.19.